The molecule has 1 saturated heterocycles. The van der Waals surface area contributed by atoms with Gasteiger partial charge in [0.2, 0.25) is 5.91 Å². The van der Waals surface area contributed by atoms with Crippen molar-refractivity contribution in [1.29, 1.82) is 0 Å². The van der Waals surface area contributed by atoms with Gasteiger partial charge in [0.1, 0.15) is 0 Å². The first-order chi connectivity index (χ1) is 9.83. The average Bonchev–Trinajstić information content (AvgIpc) is 2.71. The van der Waals surface area contributed by atoms with Crippen molar-refractivity contribution in [1.82, 2.24) is 5.32 Å². The Bertz CT molecular complexity index is 564. The molecule has 1 aliphatic heterocycles. The smallest absolute Gasteiger partial charge is 0.220 e. The molecule has 2 aromatic carbocycles. The Balaban J connectivity index is 1.86. The second-order valence-corrected chi connectivity index (χ2v) is 5.41. The van der Waals surface area contributed by atoms with Gasteiger partial charge in [-0.2, -0.15) is 0 Å². The molecule has 2 atom stereocenters. The molecule has 0 radical (unpaired) electrons. The van der Waals surface area contributed by atoms with E-state index in [1.807, 2.05) is 24.3 Å². The summed E-state index contributed by atoms with van der Waals surface area (Å²) >= 11 is 0. The molecule has 2 heteroatoms. The van der Waals surface area contributed by atoms with E-state index in [9.17, 15) is 4.79 Å². The average molecular weight is 265 g/mol. The first-order valence-corrected chi connectivity index (χ1v) is 7.22. The van der Waals surface area contributed by atoms with Crippen LogP contribution in [0.5, 0.6) is 0 Å². The van der Waals surface area contributed by atoms with Crippen molar-refractivity contribution < 1.29 is 4.79 Å². The van der Waals surface area contributed by atoms with E-state index in [1.54, 1.807) is 0 Å². The Hall–Kier alpha value is -2.09. The maximum Gasteiger partial charge on any atom is 0.220 e. The lowest BCUT2D eigenvalue weighted by Gasteiger charge is -2.21. The number of carbonyl (C=O) groups is 1. The molecule has 0 saturated carbocycles. The fraction of sp³-hybridized carbons (Fsp3) is 0.278. The highest BCUT2D eigenvalue weighted by Crippen LogP contribution is 2.34. The normalized spacial score (nSPS) is 22.9. The second kappa shape index (κ2) is 5.91. The monoisotopic (exact) mass is 265 g/mol. The van der Waals surface area contributed by atoms with E-state index in [-0.39, 0.29) is 11.9 Å². The molecule has 1 fully saturated rings. The van der Waals surface area contributed by atoms with Crippen LogP contribution in [0.25, 0.3) is 0 Å². The van der Waals surface area contributed by atoms with Crippen LogP contribution in [0.4, 0.5) is 0 Å². The topological polar surface area (TPSA) is 29.1 Å². The van der Waals surface area contributed by atoms with Gasteiger partial charge < -0.3 is 5.32 Å². The highest BCUT2D eigenvalue weighted by Gasteiger charge is 2.25. The van der Waals surface area contributed by atoms with Gasteiger partial charge in [0.25, 0.3) is 0 Å². The van der Waals surface area contributed by atoms with Gasteiger partial charge in [0.15, 0.2) is 0 Å². The molecular weight excluding hydrogens is 246 g/mol. The van der Waals surface area contributed by atoms with Crippen molar-refractivity contribution >= 4 is 5.91 Å². The van der Waals surface area contributed by atoms with E-state index in [1.165, 1.54) is 11.1 Å². The molecule has 0 bridgehead atoms. The first-order valence-electron chi connectivity index (χ1n) is 7.22. The molecule has 0 aliphatic carbocycles. The van der Waals surface area contributed by atoms with Crippen molar-refractivity contribution in [2.75, 3.05) is 0 Å². The van der Waals surface area contributed by atoms with Crippen molar-refractivity contribution in [3.05, 3.63) is 71.8 Å². The van der Waals surface area contributed by atoms with Crippen LogP contribution in [-0.2, 0) is 4.79 Å². The number of benzene rings is 2. The summed E-state index contributed by atoms with van der Waals surface area (Å²) in [6.45, 7) is 0. The van der Waals surface area contributed by atoms with E-state index < -0.39 is 0 Å². The van der Waals surface area contributed by atoms with E-state index in [0.717, 1.165) is 12.8 Å². The molecule has 1 N–H and O–H groups in total. The summed E-state index contributed by atoms with van der Waals surface area (Å²) in [5.74, 6) is 0.609. The van der Waals surface area contributed by atoms with E-state index in [2.05, 4.69) is 41.7 Å². The quantitative estimate of drug-likeness (QED) is 0.879. The minimum atomic E-state index is 0.122. The Morgan fingerprint density at radius 2 is 1.45 bits per heavy atom. The van der Waals surface area contributed by atoms with Gasteiger partial charge in [0, 0.05) is 6.42 Å². The standard InChI is InChI=1S/C18H19NO/c20-18-12-11-16(14-7-3-1-4-8-14)13-17(19-18)15-9-5-2-6-10-15/h1-10,16-17H,11-13H2,(H,19,20). The van der Waals surface area contributed by atoms with E-state index in [0.29, 0.717) is 12.3 Å². The van der Waals surface area contributed by atoms with Crippen LogP contribution in [-0.4, -0.2) is 5.91 Å². The molecule has 2 unspecified atom stereocenters. The summed E-state index contributed by atoms with van der Waals surface area (Å²) in [5, 5.41) is 3.16. The number of hydrogen-bond acceptors (Lipinski definition) is 1. The molecular formula is C18H19NO. The van der Waals surface area contributed by atoms with Crippen LogP contribution in [0.15, 0.2) is 60.7 Å². The molecule has 1 aliphatic rings. The van der Waals surface area contributed by atoms with Crippen molar-refractivity contribution in [3.63, 3.8) is 0 Å². The number of rotatable bonds is 2. The Labute approximate surface area is 119 Å². The lowest BCUT2D eigenvalue weighted by molar-refractivity contribution is -0.121. The third-order valence-electron chi connectivity index (χ3n) is 4.05. The van der Waals surface area contributed by atoms with Gasteiger partial charge >= 0.3 is 0 Å². The summed E-state index contributed by atoms with van der Waals surface area (Å²) in [5.41, 5.74) is 2.54. The van der Waals surface area contributed by atoms with Gasteiger partial charge in [-0.05, 0) is 29.9 Å². The van der Waals surface area contributed by atoms with Crippen molar-refractivity contribution in [2.45, 2.75) is 31.2 Å². The third kappa shape index (κ3) is 2.90. The molecule has 1 heterocycles. The molecule has 3 rings (SSSR count). The molecule has 1 amide bonds. The van der Waals surface area contributed by atoms with Crippen molar-refractivity contribution in [2.24, 2.45) is 0 Å². The second-order valence-electron chi connectivity index (χ2n) is 5.41. The fourth-order valence-electron chi connectivity index (χ4n) is 2.97. The van der Waals surface area contributed by atoms with Gasteiger partial charge in [-0.1, -0.05) is 60.7 Å². The zero-order valence-corrected chi connectivity index (χ0v) is 11.5. The number of hydrogen-bond donors (Lipinski definition) is 1. The first kappa shape index (κ1) is 12.9. The summed E-state index contributed by atoms with van der Waals surface area (Å²) in [6, 6.07) is 20.9. The summed E-state index contributed by atoms with van der Waals surface area (Å²) in [7, 11) is 0. The zero-order valence-electron chi connectivity index (χ0n) is 11.5. The Morgan fingerprint density at radius 1 is 0.850 bits per heavy atom. The van der Waals surface area contributed by atoms with Crippen LogP contribution >= 0.6 is 0 Å². The molecule has 2 nitrogen and oxygen atoms in total. The highest BCUT2D eigenvalue weighted by atomic mass is 16.1. The number of nitrogens with one attached hydrogen (secondary N) is 1. The zero-order chi connectivity index (χ0) is 13.8. The molecule has 0 spiro atoms. The van der Waals surface area contributed by atoms with E-state index in [4.69, 9.17) is 0 Å². The van der Waals surface area contributed by atoms with Gasteiger partial charge in [-0.3, -0.25) is 4.79 Å². The van der Waals surface area contributed by atoms with Gasteiger partial charge in [-0.25, -0.2) is 0 Å². The van der Waals surface area contributed by atoms with Crippen LogP contribution < -0.4 is 5.32 Å². The third-order valence-corrected chi connectivity index (χ3v) is 4.05. The molecule has 2 aromatic rings. The molecule has 102 valence electrons. The summed E-state index contributed by atoms with van der Waals surface area (Å²) in [4.78, 5) is 11.9. The van der Waals surface area contributed by atoms with Crippen LogP contribution in [0.1, 0.15) is 42.3 Å². The van der Waals surface area contributed by atoms with Crippen molar-refractivity contribution in [3.8, 4) is 0 Å². The predicted octanol–water partition coefficient (Wildman–Crippen LogP) is 3.81. The molecule has 0 aromatic heterocycles. The maximum absolute atomic E-state index is 11.9. The summed E-state index contributed by atoms with van der Waals surface area (Å²) < 4.78 is 0. The maximum atomic E-state index is 11.9. The predicted molar refractivity (Wildman–Crippen MR) is 80.4 cm³/mol. The highest BCUT2D eigenvalue weighted by molar-refractivity contribution is 5.76. The van der Waals surface area contributed by atoms with Gasteiger partial charge in [0.05, 0.1) is 6.04 Å². The minimum Gasteiger partial charge on any atom is -0.349 e. The minimum absolute atomic E-state index is 0.122. The number of amides is 1. The Kier molecular flexibility index (Phi) is 3.82. The Morgan fingerprint density at radius 3 is 2.10 bits per heavy atom. The lowest BCUT2D eigenvalue weighted by atomic mass is 9.88. The number of carbonyl (C=O) groups excluding carboxylic acids is 1. The van der Waals surface area contributed by atoms with E-state index >= 15 is 0 Å². The van der Waals surface area contributed by atoms with Crippen LogP contribution in [0.2, 0.25) is 0 Å². The molecule has 20 heavy (non-hydrogen) atoms. The van der Waals surface area contributed by atoms with Gasteiger partial charge in [-0.15, -0.1) is 0 Å². The largest absolute Gasteiger partial charge is 0.349 e. The summed E-state index contributed by atoms with van der Waals surface area (Å²) in [6.07, 6.45) is 2.52. The fourth-order valence-corrected chi connectivity index (χ4v) is 2.97. The van der Waals surface area contributed by atoms with Crippen LogP contribution in [0, 0.1) is 0 Å². The van der Waals surface area contributed by atoms with Crippen LogP contribution in [0.3, 0.4) is 0 Å². The lowest BCUT2D eigenvalue weighted by Crippen LogP contribution is -2.26. The SMILES string of the molecule is O=C1CCC(c2ccccc2)CC(c2ccccc2)N1.